The second-order valence-electron chi connectivity index (χ2n) is 7.78. The monoisotopic (exact) mass is 449 g/mol. The topological polar surface area (TPSA) is 104 Å². The molecule has 3 heterocycles. The van der Waals surface area contributed by atoms with Crippen LogP contribution in [0.2, 0.25) is 0 Å². The third-order valence-corrected chi connectivity index (χ3v) is 5.79. The van der Waals surface area contributed by atoms with Crippen LogP contribution in [-0.4, -0.2) is 51.2 Å². The molecule has 166 valence electrons. The molecule has 2 N–H and O–H groups in total. The number of fused-ring (bicyclic) bond motifs is 2. The molecular formula is C23H17F2N5O3. The molecule has 1 saturated heterocycles. The standard InChI is InChI=1S/C23H17F2N5O3/c24-13-2-3-14(16(25)10-13)12-1-4-17-15(9-12)23(33)30-8-5-18(20(30)22(32)28-17)29-21(31)19-11-26-6-7-27-19/h1-4,6-7,9-11,18,20H,5,8H2,(H,28,32)(H,29,31). The van der Waals surface area contributed by atoms with Gasteiger partial charge in [-0.25, -0.2) is 13.8 Å². The summed E-state index contributed by atoms with van der Waals surface area (Å²) in [5.41, 5.74) is 1.08. The first-order chi connectivity index (χ1) is 15.9. The Kier molecular flexibility index (Phi) is 5.04. The highest BCUT2D eigenvalue weighted by Crippen LogP contribution is 2.33. The molecule has 0 saturated carbocycles. The van der Waals surface area contributed by atoms with Crippen LogP contribution in [0.4, 0.5) is 14.5 Å². The molecule has 1 aromatic heterocycles. The molecular weight excluding hydrogens is 432 g/mol. The molecule has 2 aliphatic rings. The molecule has 0 radical (unpaired) electrons. The van der Waals surface area contributed by atoms with Crippen LogP contribution in [0.15, 0.2) is 55.0 Å². The summed E-state index contributed by atoms with van der Waals surface area (Å²) in [7, 11) is 0. The fourth-order valence-corrected chi connectivity index (χ4v) is 4.24. The average molecular weight is 449 g/mol. The predicted octanol–water partition coefficient (Wildman–Crippen LogP) is 2.39. The van der Waals surface area contributed by atoms with Crippen molar-refractivity contribution < 1.29 is 23.2 Å². The van der Waals surface area contributed by atoms with Crippen molar-refractivity contribution in [3.8, 4) is 11.1 Å². The van der Waals surface area contributed by atoms with E-state index in [9.17, 15) is 23.2 Å². The molecule has 1 fully saturated rings. The molecule has 5 rings (SSSR count). The molecule has 33 heavy (non-hydrogen) atoms. The van der Waals surface area contributed by atoms with Gasteiger partial charge >= 0.3 is 0 Å². The maximum Gasteiger partial charge on any atom is 0.271 e. The van der Waals surface area contributed by atoms with Crippen molar-refractivity contribution in [2.24, 2.45) is 0 Å². The zero-order chi connectivity index (χ0) is 23.1. The van der Waals surface area contributed by atoms with Crippen LogP contribution in [0.1, 0.15) is 27.3 Å². The van der Waals surface area contributed by atoms with E-state index in [1.807, 2.05) is 0 Å². The highest BCUT2D eigenvalue weighted by atomic mass is 19.1. The minimum atomic E-state index is -0.920. The lowest BCUT2D eigenvalue weighted by molar-refractivity contribution is -0.120. The summed E-state index contributed by atoms with van der Waals surface area (Å²) in [6, 6.07) is 6.19. The van der Waals surface area contributed by atoms with Crippen LogP contribution in [-0.2, 0) is 4.79 Å². The highest BCUT2D eigenvalue weighted by molar-refractivity contribution is 6.11. The summed E-state index contributed by atoms with van der Waals surface area (Å²) >= 11 is 0. The number of nitrogens with zero attached hydrogens (tertiary/aromatic N) is 3. The van der Waals surface area contributed by atoms with Crippen molar-refractivity contribution in [2.45, 2.75) is 18.5 Å². The van der Waals surface area contributed by atoms with Gasteiger partial charge in [0.15, 0.2) is 0 Å². The van der Waals surface area contributed by atoms with Crippen LogP contribution in [0.3, 0.4) is 0 Å². The number of amides is 3. The molecule has 2 aromatic carbocycles. The van der Waals surface area contributed by atoms with Crippen molar-refractivity contribution in [2.75, 3.05) is 11.9 Å². The summed E-state index contributed by atoms with van der Waals surface area (Å²) in [4.78, 5) is 48.0. The fourth-order valence-electron chi connectivity index (χ4n) is 4.24. The smallest absolute Gasteiger partial charge is 0.271 e. The van der Waals surface area contributed by atoms with E-state index < -0.39 is 41.4 Å². The summed E-state index contributed by atoms with van der Waals surface area (Å²) in [5.74, 6) is -2.82. The molecule has 0 aliphatic carbocycles. The van der Waals surface area contributed by atoms with Crippen molar-refractivity contribution in [1.82, 2.24) is 20.2 Å². The van der Waals surface area contributed by atoms with Crippen molar-refractivity contribution in [3.05, 3.63) is 77.9 Å². The number of nitrogens with one attached hydrogen (secondary N) is 2. The average Bonchev–Trinajstić information content (AvgIpc) is 3.19. The van der Waals surface area contributed by atoms with Gasteiger partial charge in [0.2, 0.25) is 5.91 Å². The number of carbonyl (C=O) groups excluding carboxylic acids is 3. The SMILES string of the molecule is O=C(NC1CCN2C(=O)c3cc(-c4ccc(F)cc4F)ccc3NC(=O)C12)c1cnccn1. The first kappa shape index (κ1) is 20.7. The largest absolute Gasteiger partial charge is 0.345 e. The molecule has 2 unspecified atom stereocenters. The number of anilines is 1. The van der Waals surface area contributed by atoms with Gasteiger partial charge in [-0.05, 0) is 36.2 Å². The quantitative estimate of drug-likeness (QED) is 0.639. The van der Waals surface area contributed by atoms with Gasteiger partial charge in [0.05, 0.1) is 23.5 Å². The maximum absolute atomic E-state index is 14.3. The molecule has 0 spiro atoms. The van der Waals surface area contributed by atoms with Crippen molar-refractivity contribution >= 4 is 23.4 Å². The molecule has 2 aliphatic heterocycles. The first-order valence-corrected chi connectivity index (χ1v) is 10.2. The Hall–Kier alpha value is -4.21. The van der Waals surface area contributed by atoms with Crippen LogP contribution in [0.25, 0.3) is 11.1 Å². The second kappa shape index (κ2) is 8.05. The van der Waals surface area contributed by atoms with Gasteiger partial charge in [0.1, 0.15) is 23.4 Å². The zero-order valence-corrected chi connectivity index (χ0v) is 17.1. The summed E-state index contributed by atoms with van der Waals surface area (Å²) < 4.78 is 27.6. The van der Waals surface area contributed by atoms with Gasteiger partial charge in [-0.15, -0.1) is 0 Å². The van der Waals surface area contributed by atoms with E-state index in [0.29, 0.717) is 12.0 Å². The Morgan fingerprint density at radius 1 is 1.09 bits per heavy atom. The number of hydrogen-bond acceptors (Lipinski definition) is 5. The molecule has 0 bridgehead atoms. The third-order valence-electron chi connectivity index (χ3n) is 5.79. The van der Waals surface area contributed by atoms with Crippen LogP contribution in [0.5, 0.6) is 0 Å². The maximum atomic E-state index is 14.3. The third kappa shape index (κ3) is 3.69. The van der Waals surface area contributed by atoms with E-state index in [0.717, 1.165) is 12.1 Å². The summed E-state index contributed by atoms with van der Waals surface area (Å²) in [6.45, 7) is 0.247. The molecule has 3 amide bonds. The van der Waals surface area contributed by atoms with E-state index in [-0.39, 0.29) is 29.1 Å². The lowest BCUT2D eigenvalue weighted by Gasteiger charge is -2.24. The Morgan fingerprint density at radius 2 is 1.94 bits per heavy atom. The Labute approximate surface area is 186 Å². The second-order valence-corrected chi connectivity index (χ2v) is 7.78. The van der Waals surface area contributed by atoms with Gasteiger partial charge in [-0.2, -0.15) is 0 Å². The summed E-state index contributed by atoms with van der Waals surface area (Å²) in [6.07, 6.45) is 4.51. The van der Waals surface area contributed by atoms with Gasteiger partial charge < -0.3 is 15.5 Å². The summed E-state index contributed by atoms with van der Waals surface area (Å²) in [5, 5.41) is 5.50. The van der Waals surface area contributed by atoms with Gasteiger partial charge in [-0.1, -0.05) is 6.07 Å². The first-order valence-electron chi connectivity index (χ1n) is 10.2. The highest BCUT2D eigenvalue weighted by Gasteiger charge is 2.45. The fraction of sp³-hybridized carbons (Fsp3) is 0.174. The predicted molar refractivity (Wildman–Crippen MR) is 113 cm³/mol. The molecule has 8 nitrogen and oxygen atoms in total. The van der Waals surface area contributed by atoms with Crippen molar-refractivity contribution in [3.63, 3.8) is 0 Å². The van der Waals surface area contributed by atoms with Gasteiger partial charge in [0, 0.05) is 30.6 Å². The van der Waals surface area contributed by atoms with Gasteiger partial charge in [0.25, 0.3) is 11.8 Å². The normalized spacial score (nSPS) is 19.4. The minimum Gasteiger partial charge on any atom is -0.345 e. The van der Waals surface area contributed by atoms with E-state index in [1.165, 1.54) is 41.7 Å². The van der Waals surface area contributed by atoms with Gasteiger partial charge in [-0.3, -0.25) is 19.4 Å². The molecule has 2 atom stereocenters. The van der Waals surface area contributed by atoms with E-state index in [4.69, 9.17) is 0 Å². The number of aromatic nitrogens is 2. The Balaban J connectivity index is 1.44. The molecule has 10 heteroatoms. The lowest BCUT2D eigenvalue weighted by atomic mass is 10.0. The van der Waals surface area contributed by atoms with Crippen LogP contribution < -0.4 is 10.6 Å². The van der Waals surface area contributed by atoms with Crippen LogP contribution >= 0.6 is 0 Å². The Morgan fingerprint density at radius 3 is 2.70 bits per heavy atom. The van der Waals surface area contributed by atoms with Crippen LogP contribution in [0, 0.1) is 11.6 Å². The van der Waals surface area contributed by atoms with Crippen molar-refractivity contribution in [1.29, 1.82) is 0 Å². The number of halogens is 2. The zero-order valence-electron chi connectivity index (χ0n) is 17.1. The minimum absolute atomic E-state index is 0.102. The number of rotatable bonds is 3. The number of carbonyl (C=O) groups is 3. The van der Waals surface area contributed by atoms with E-state index in [1.54, 1.807) is 6.07 Å². The van der Waals surface area contributed by atoms with E-state index >= 15 is 0 Å². The number of hydrogen-bond donors (Lipinski definition) is 2. The lowest BCUT2D eigenvalue weighted by Crippen LogP contribution is -2.51. The molecule has 3 aromatic rings. The van der Waals surface area contributed by atoms with E-state index in [2.05, 4.69) is 20.6 Å². The number of benzene rings is 2. The Bertz CT molecular complexity index is 1280.